The Bertz CT molecular complexity index is 771. The maximum absolute atomic E-state index is 13.5. The number of anilines is 1. The van der Waals surface area contributed by atoms with Crippen molar-refractivity contribution in [3.63, 3.8) is 0 Å². The Kier molecular flexibility index (Phi) is 2.94. The fraction of sp³-hybridized carbons (Fsp3) is 0.154. The molecule has 2 heterocycles. The molecule has 0 spiro atoms. The largest absolute Gasteiger partial charge is 0.496 e. The molecule has 1 aromatic carbocycles. The Hall–Kier alpha value is -2.70. The van der Waals surface area contributed by atoms with Crippen LogP contribution in [0.3, 0.4) is 0 Å². The lowest BCUT2D eigenvalue weighted by Crippen LogP contribution is -1.99. The maximum Gasteiger partial charge on any atom is 0.225 e. The molecule has 3 aromatic rings. The summed E-state index contributed by atoms with van der Waals surface area (Å²) in [4.78, 5) is 8.63. The molecule has 2 N–H and O–H groups in total. The molecular weight excluding hydrogens is 261 g/mol. The number of fused-ring (bicyclic) bond motifs is 1. The standard InChI is InChI=1S/C13H12FN5O/c1-15-13-17-11(9-6-16-19-12(9)18-13)8-5-7(14)3-4-10(8)20-2/h3-6H,1-2H3,(H2,15,16,17,18,19). The van der Waals surface area contributed by atoms with Gasteiger partial charge < -0.3 is 10.1 Å². The number of aromatic amines is 1. The van der Waals surface area contributed by atoms with Crippen molar-refractivity contribution in [1.82, 2.24) is 20.2 Å². The molecule has 0 aliphatic rings. The van der Waals surface area contributed by atoms with Gasteiger partial charge in [0, 0.05) is 12.6 Å². The van der Waals surface area contributed by atoms with Crippen LogP contribution in [0.15, 0.2) is 24.4 Å². The second kappa shape index (κ2) is 4.76. The molecular formula is C13H12FN5O. The van der Waals surface area contributed by atoms with Gasteiger partial charge >= 0.3 is 0 Å². The zero-order valence-corrected chi connectivity index (χ0v) is 10.9. The van der Waals surface area contributed by atoms with Crippen molar-refractivity contribution in [2.45, 2.75) is 0 Å². The molecule has 20 heavy (non-hydrogen) atoms. The summed E-state index contributed by atoms with van der Waals surface area (Å²) in [5, 5.41) is 10.3. The van der Waals surface area contributed by atoms with Gasteiger partial charge in [0.05, 0.1) is 24.4 Å². The SMILES string of the molecule is CNc1nc(-c2cc(F)ccc2OC)c2cn[nH]c2n1. The summed E-state index contributed by atoms with van der Waals surface area (Å²) in [5.74, 6) is 0.597. The van der Waals surface area contributed by atoms with E-state index in [1.807, 2.05) is 0 Å². The van der Waals surface area contributed by atoms with Crippen LogP contribution in [0, 0.1) is 5.82 Å². The molecule has 2 aromatic heterocycles. The first-order chi connectivity index (χ1) is 9.72. The van der Waals surface area contributed by atoms with Gasteiger partial charge in [0.1, 0.15) is 11.6 Å². The van der Waals surface area contributed by atoms with E-state index in [1.165, 1.54) is 19.2 Å². The molecule has 0 fully saturated rings. The van der Waals surface area contributed by atoms with Crippen LogP contribution in [0.2, 0.25) is 0 Å². The van der Waals surface area contributed by atoms with Crippen LogP contribution in [0.4, 0.5) is 10.3 Å². The van der Waals surface area contributed by atoms with Crippen molar-refractivity contribution in [3.05, 3.63) is 30.2 Å². The summed E-state index contributed by atoms with van der Waals surface area (Å²) in [5.41, 5.74) is 1.69. The molecule has 7 heteroatoms. The molecule has 6 nitrogen and oxygen atoms in total. The number of rotatable bonds is 3. The Morgan fingerprint density at radius 1 is 1.30 bits per heavy atom. The molecule has 0 aliphatic carbocycles. The topological polar surface area (TPSA) is 75.7 Å². The maximum atomic E-state index is 13.5. The van der Waals surface area contributed by atoms with Gasteiger partial charge in [0.2, 0.25) is 5.95 Å². The number of aromatic nitrogens is 4. The first-order valence-corrected chi connectivity index (χ1v) is 5.95. The second-order valence-corrected chi connectivity index (χ2v) is 4.12. The number of halogens is 1. The van der Waals surface area contributed by atoms with E-state index in [2.05, 4.69) is 25.5 Å². The quantitative estimate of drug-likeness (QED) is 0.765. The number of ether oxygens (including phenoxy) is 1. The first-order valence-electron chi connectivity index (χ1n) is 5.95. The lowest BCUT2D eigenvalue weighted by Gasteiger charge is -2.10. The molecule has 3 rings (SSSR count). The summed E-state index contributed by atoms with van der Waals surface area (Å²) in [6, 6.07) is 4.29. The van der Waals surface area contributed by atoms with Crippen LogP contribution in [0.5, 0.6) is 5.75 Å². The summed E-state index contributed by atoms with van der Waals surface area (Å²) in [7, 11) is 3.24. The molecule has 0 radical (unpaired) electrons. The minimum atomic E-state index is -0.359. The zero-order valence-electron chi connectivity index (χ0n) is 10.9. The number of benzene rings is 1. The third-order valence-electron chi connectivity index (χ3n) is 2.95. The van der Waals surface area contributed by atoms with Crippen molar-refractivity contribution in [2.24, 2.45) is 0 Å². The summed E-state index contributed by atoms with van der Waals surface area (Å²) >= 11 is 0. The Morgan fingerprint density at radius 3 is 2.90 bits per heavy atom. The van der Waals surface area contributed by atoms with Gasteiger partial charge in [-0.15, -0.1) is 0 Å². The normalized spacial score (nSPS) is 10.8. The van der Waals surface area contributed by atoms with Gasteiger partial charge in [-0.3, -0.25) is 5.10 Å². The highest BCUT2D eigenvalue weighted by Gasteiger charge is 2.15. The van der Waals surface area contributed by atoms with E-state index in [4.69, 9.17) is 4.74 Å². The summed E-state index contributed by atoms with van der Waals surface area (Å²) in [6.07, 6.45) is 1.61. The fourth-order valence-corrected chi connectivity index (χ4v) is 2.02. The molecule has 0 aliphatic heterocycles. The Balaban J connectivity index is 2.33. The lowest BCUT2D eigenvalue weighted by atomic mass is 10.1. The van der Waals surface area contributed by atoms with E-state index >= 15 is 0 Å². The third kappa shape index (κ3) is 1.93. The second-order valence-electron chi connectivity index (χ2n) is 4.12. The van der Waals surface area contributed by atoms with E-state index in [9.17, 15) is 4.39 Å². The van der Waals surface area contributed by atoms with E-state index in [-0.39, 0.29) is 5.82 Å². The zero-order chi connectivity index (χ0) is 14.1. The minimum absolute atomic E-state index is 0.359. The van der Waals surface area contributed by atoms with E-state index in [0.717, 1.165) is 0 Å². The van der Waals surface area contributed by atoms with Crippen LogP contribution in [0.1, 0.15) is 0 Å². The smallest absolute Gasteiger partial charge is 0.225 e. The molecule has 0 saturated heterocycles. The average molecular weight is 273 g/mol. The van der Waals surface area contributed by atoms with Crippen LogP contribution in [0.25, 0.3) is 22.3 Å². The Morgan fingerprint density at radius 2 is 2.15 bits per heavy atom. The number of methoxy groups -OCH3 is 1. The van der Waals surface area contributed by atoms with E-state index in [0.29, 0.717) is 34.0 Å². The highest BCUT2D eigenvalue weighted by atomic mass is 19.1. The molecule has 0 atom stereocenters. The summed E-state index contributed by atoms with van der Waals surface area (Å²) < 4.78 is 18.8. The average Bonchev–Trinajstić information content (AvgIpc) is 2.94. The van der Waals surface area contributed by atoms with Crippen molar-refractivity contribution in [2.75, 3.05) is 19.5 Å². The molecule has 0 amide bonds. The molecule has 0 unspecified atom stereocenters. The number of hydrogen-bond acceptors (Lipinski definition) is 5. The van der Waals surface area contributed by atoms with Gasteiger partial charge in [-0.2, -0.15) is 10.1 Å². The van der Waals surface area contributed by atoms with Gasteiger partial charge in [0.25, 0.3) is 0 Å². The minimum Gasteiger partial charge on any atom is -0.496 e. The number of nitrogens with one attached hydrogen (secondary N) is 2. The number of hydrogen-bond donors (Lipinski definition) is 2. The predicted octanol–water partition coefficient (Wildman–Crippen LogP) is 2.21. The van der Waals surface area contributed by atoms with Crippen LogP contribution >= 0.6 is 0 Å². The molecule has 0 saturated carbocycles. The monoisotopic (exact) mass is 273 g/mol. The van der Waals surface area contributed by atoms with E-state index < -0.39 is 0 Å². The highest BCUT2D eigenvalue weighted by molar-refractivity contribution is 5.92. The van der Waals surface area contributed by atoms with Gasteiger partial charge in [-0.1, -0.05) is 0 Å². The fourth-order valence-electron chi connectivity index (χ4n) is 2.02. The number of H-pyrrole nitrogens is 1. The predicted molar refractivity (Wildman–Crippen MR) is 73.2 cm³/mol. The van der Waals surface area contributed by atoms with Gasteiger partial charge in [-0.25, -0.2) is 9.37 Å². The van der Waals surface area contributed by atoms with Crippen LogP contribution < -0.4 is 10.1 Å². The van der Waals surface area contributed by atoms with Gasteiger partial charge in [0.15, 0.2) is 5.65 Å². The molecule has 0 bridgehead atoms. The van der Waals surface area contributed by atoms with E-state index in [1.54, 1.807) is 19.3 Å². The molecule has 102 valence electrons. The lowest BCUT2D eigenvalue weighted by molar-refractivity contribution is 0.415. The first kappa shape index (κ1) is 12.3. The Labute approximate surface area is 114 Å². The van der Waals surface area contributed by atoms with Crippen LogP contribution in [-0.2, 0) is 0 Å². The van der Waals surface area contributed by atoms with Gasteiger partial charge in [-0.05, 0) is 18.2 Å². The van der Waals surface area contributed by atoms with Crippen molar-refractivity contribution in [1.29, 1.82) is 0 Å². The summed E-state index contributed by atoms with van der Waals surface area (Å²) in [6.45, 7) is 0. The highest BCUT2D eigenvalue weighted by Crippen LogP contribution is 2.33. The third-order valence-corrected chi connectivity index (χ3v) is 2.95. The van der Waals surface area contributed by atoms with Crippen molar-refractivity contribution >= 4 is 17.0 Å². The van der Waals surface area contributed by atoms with Crippen LogP contribution in [-0.4, -0.2) is 34.3 Å². The van der Waals surface area contributed by atoms with Crippen molar-refractivity contribution in [3.8, 4) is 17.0 Å². The number of nitrogens with zero attached hydrogens (tertiary/aromatic N) is 3. The van der Waals surface area contributed by atoms with Crippen molar-refractivity contribution < 1.29 is 9.13 Å².